The van der Waals surface area contributed by atoms with Gasteiger partial charge in [-0.2, -0.15) is 0 Å². The molecular formula is C12H24N2O2. The van der Waals surface area contributed by atoms with E-state index in [2.05, 4.69) is 19.2 Å². The van der Waals surface area contributed by atoms with E-state index in [-0.39, 0.29) is 12.0 Å². The fraction of sp³-hybridized carbons (Fsp3) is 0.917. The van der Waals surface area contributed by atoms with Crippen molar-refractivity contribution >= 4 is 5.91 Å². The van der Waals surface area contributed by atoms with E-state index in [0.29, 0.717) is 6.42 Å². The molecule has 1 saturated heterocycles. The van der Waals surface area contributed by atoms with Gasteiger partial charge in [-0.15, -0.1) is 0 Å². The van der Waals surface area contributed by atoms with Crippen LogP contribution < -0.4 is 5.32 Å². The van der Waals surface area contributed by atoms with E-state index in [9.17, 15) is 4.79 Å². The Morgan fingerprint density at radius 2 is 2.06 bits per heavy atom. The molecule has 1 aliphatic heterocycles. The number of morpholine rings is 1. The average molecular weight is 228 g/mol. The second-order valence-corrected chi connectivity index (χ2v) is 4.28. The average Bonchev–Trinajstić information content (AvgIpc) is 2.30. The summed E-state index contributed by atoms with van der Waals surface area (Å²) in [6.07, 6.45) is 2.63. The van der Waals surface area contributed by atoms with Gasteiger partial charge >= 0.3 is 0 Å². The summed E-state index contributed by atoms with van der Waals surface area (Å²) in [5.74, 6) is 0.234. The van der Waals surface area contributed by atoms with Gasteiger partial charge in [-0.05, 0) is 12.8 Å². The van der Waals surface area contributed by atoms with Gasteiger partial charge in [0, 0.05) is 26.2 Å². The highest BCUT2D eigenvalue weighted by molar-refractivity contribution is 5.76. The molecule has 0 aromatic carbocycles. The molecule has 0 spiro atoms. The predicted octanol–water partition coefficient (Wildman–Crippen LogP) is 1.01. The lowest BCUT2D eigenvalue weighted by molar-refractivity contribution is -0.134. The lowest BCUT2D eigenvalue weighted by atomic mass is 10.2. The van der Waals surface area contributed by atoms with E-state index < -0.39 is 0 Å². The van der Waals surface area contributed by atoms with Crippen LogP contribution in [0.15, 0.2) is 0 Å². The molecule has 1 fully saturated rings. The molecule has 4 nitrogen and oxygen atoms in total. The Balaban J connectivity index is 2.34. The molecule has 0 aromatic rings. The second-order valence-electron chi connectivity index (χ2n) is 4.28. The smallest absolute Gasteiger partial charge is 0.225 e. The number of nitrogens with one attached hydrogen (secondary N) is 1. The largest absolute Gasteiger partial charge is 0.375 e. The molecule has 1 amide bonds. The first-order chi connectivity index (χ1) is 7.77. The van der Waals surface area contributed by atoms with Crippen molar-refractivity contribution in [1.82, 2.24) is 10.2 Å². The van der Waals surface area contributed by atoms with Crippen LogP contribution in [0.4, 0.5) is 0 Å². The summed E-state index contributed by atoms with van der Waals surface area (Å²) in [4.78, 5) is 14.0. The first kappa shape index (κ1) is 13.5. The topological polar surface area (TPSA) is 41.6 Å². The van der Waals surface area contributed by atoms with E-state index in [0.717, 1.165) is 45.6 Å². The van der Waals surface area contributed by atoms with Gasteiger partial charge < -0.3 is 15.0 Å². The maximum absolute atomic E-state index is 12.0. The van der Waals surface area contributed by atoms with Crippen molar-refractivity contribution in [3.63, 3.8) is 0 Å². The molecule has 0 saturated carbocycles. The van der Waals surface area contributed by atoms with Crippen molar-refractivity contribution in [2.45, 2.75) is 39.2 Å². The van der Waals surface area contributed by atoms with E-state index >= 15 is 0 Å². The van der Waals surface area contributed by atoms with Crippen LogP contribution in [0.1, 0.15) is 33.1 Å². The third-order valence-electron chi connectivity index (χ3n) is 2.75. The first-order valence-electron chi connectivity index (χ1n) is 6.38. The van der Waals surface area contributed by atoms with Crippen LogP contribution in [0.2, 0.25) is 0 Å². The number of hydrogen-bond donors (Lipinski definition) is 1. The Kier molecular flexibility index (Phi) is 6.42. The van der Waals surface area contributed by atoms with Crippen LogP contribution in [-0.2, 0) is 9.53 Å². The van der Waals surface area contributed by atoms with Crippen molar-refractivity contribution in [2.24, 2.45) is 0 Å². The maximum atomic E-state index is 12.0. The van der Waals surface area contributed by atoms with Crippen molar-refractivity contribution in [1.29, 1.82) is 0 Å². The number of nitrogens with zero attached hydrogens (tertiary/aromatic N) is 1. The van der Waals surface area contributed by atoms with Gasteiger partial charge in [0.25, 0.3) is 0 Å². The highest BCUT2D eigenvalue weighted by atomic mass is 16.5. The first-order valence-corrected chi connectivity index (χ1v) is 6.38. The Morgan fingerprint density at radius 1 is 1.38 bits per heavy atom. The molecule has 0 radical (unpaired) electrons. The molecule has 1 heterocycles. The maximum Gasteiger partial charge on any atom is 0.225 e. The van der Waals surface area contributed by atoms with Crippen LogP contribution in [-0.4, -0.2) is 49.7 Å². The fourth-order valence-corrected chi connectivity index (χ4v) is 1.98. The summed E-state index contributed by atoms with van der Waals surface area (Å²) in [6, 6.07) is 0. The third kappa shape index (κ3) is 4.49. The zero-order valence-corrected chi connectivity index (χ0v) is 10.5. The van der Waals surface area contributed by atoms with Crippen LogP contribution in [0.5, 0.6) is 0 Å². The van der Waals surface area contributed by atoms with E-state index in [1.54, 1.807) is 0 Å². The van der Waals surface area contributed by atoms with Crippen molar-refractivity contribution < 1.29 is 9.53 Å². The second kappa shape index (κ2) is 7.63. The molecule has 1 aliphatic rings. The molecular weight excluding hydrogens is 204 g/mol. The van der Waals surface area contributed by atoms with Gasteiger partial charge in [0.15, 0.2) is 0 Å². The fourth-order valence-electron chi connectivity index (χ4n) is 1.98. The molecule has 1 unspecified atom stereocenters. The molecule has 0 aromatic heterocycles. The van der Waals surface area contributed by atoms with Crippen LogP contribution in [0.3, 0.4) is 0 Å². The molecule has 0 bridgehead atoms. The predicted molar refractivity (Wildman–Crippen MR) is 64.4 cm³/mol. The van der Waals surface area contributed by atoms with Gasteiger partial charge in [-0.25, -0.2) is 0 Å². The minimum Gasteiger partial charge on any atom is -0.375 e. The number of carbonyl (C=O) groups is 1. The molecule has 0 aliphatic carbocycles. The van der Waals surface area contributed by atoms with Crippen molar-refractivity contribution in [3.8, 4) is 0 Å². The number of ether oxygens (including phenoxy) is 1. The lowest BCUT2D eigenvalue weighted by Gasteiger charge is -2.27. The Hall–Kier alpha value is -0.610. The van der Waals surface area contributed by atoms with Gasteiger partial charge in [-0.1, -0.05) is 13.8 Å². The molecule has 1 N–H and O–H groups in total. The van der Waals surface area contributed by atoms with E-state index in [4.69, 9.17) is 4.74 Å². The standard InChI is InChI=1S/C12H24N2O2/c1-3-6-14(7-4-2)12(15)9-11-10-13-5-8-16-11/h11,13H,3-10H2,1-2H3. The normalized spacial score (nSPS) is 20.8. The van der Waals surface area contributed by atoms with Crippen molar-refractivity contribution in [2.75, 3.05) is 32.8 Å². The number of amides is 1. The van der Waals surface area contributed by atoms with Gasteiger partial charge in [-0.3, -0.25) is 4.79 Å². The summed E-state index contributed by atoms with van der Waals surface area (Å²) >= 11 is 0. The summed E-state index contributed by atoms with van der Waals surface area (Å²) in [6.45, 7) is 8.37. The summed E-state index contributed by atoms with van der Waals surface area (Å²) in [5.41, 5.74) is 0. The minimum atomic E-state index is 0.0671. The Labute approximate surface area is 98.3 Å². The number of hydrogen-bond acceptors (Lipinski definition) is 3. The van der Waals surface area contributed by atoms with Gasteiger partial charge in [0.2, 0.25) is 5.91 Å². The highest BCUT2D eigenvalue weighted by Crippen LogP contribution is 2.06. The van der Waals surface area contributed by atoms with Crippen LogP contribution >= 0.6 is 0 Å². The van der Waals surface area contributed by atoms with Crippen LogP contribution in [0.25, 0.3) is 0 Å². The molecule has 1 rings (SSSR count). The molecule has 1 atom stereocenters. The van der Waals surface area contributed by atoms with E-state index in [1.807, 2.05) is 4.90 Å². The summed E-state index contributed by atoms with van der Waals surface area (Å²) in [7, 11) is 0. The lowest BCUT2D eigenvalue weighted by Crippen LogP contribution is -2.42. The molecule has 16 heavy (non-hydrogen) atoms. The van der Waals surface area contributed by atoms with Gasteiger partial charge in [0.1, 0.15) is 0 Å². The zero-order chi connectivity index (χ0) is 11.8. The molecule has 94 valence electrons. The third-order valence-corrected chi connectivity index (χ3v) is 2.75. The van der Waals surface area contributed by atoms with Crippen molar-refractivity contribution in [3.05, 3.63) is 0 Å². The number of carbonyl (C=O) groups excluding carboxylic acids is 1. The summed E-state index contributed by atoms with van der Waals surface area (Å²) in [5, 5.41) is 3.25. The van der Waals surface area contributed by atoms with Gasteiger partial charge in [0.05, 0.1) is 19.1 Å². The summed E-state index contributed by atoms with van der Waals surface area (Å²) < 4.78 is 5.55. The Morgan fingerprint density at radius 3 is 2.56 bits per heavy atom. The van der Waals surface area contributed by atoms with Crippen LogP contribution in [0, 0.1) is 0 Å². The zero-order valence-electron chi connectivity index (χ0n) is 10.5. The van der Waals surface area contributed by atoms with E-state index in [1.165, 1.54) is 0 Å². The monoisotopic (exact) mass is 228 g/mol. The minimum absolute atomic E-state index is 0.0671. The number of rotatable bonds is 6. The SMILES string of the molecule is CCCN(CCC)C(=O)CC1CNCCO1. The quantitative estimate of drug-likeness (QED) is 0.738. The highest BCUT2D eigenvalue weighted by Gasteiger charge is 2.20. The Bertz CT molecular complexity index is 197. The molecule has 4 heteroatoms.